The van der Waals surface area contributed by atoms with Crippen LogP contribution in [0, 0.1) is 5.92 Å². The Labute approximate surface area is 90.4 Å². The molecule has 0 aromatic carbocycles. The lowest BCUT2D eigenvalue weighted by Gasteiger charge is -2.21. The largest absolute Gasteiger partial charge is 0.444 e. The summed E-state index contributed by atoms with van der Waals surface area (Å²) in [6.45, 7) is 5.49. The van der Waals surface area contributed by atoms with Crippen LogP contribution in [0.3, 0.4) is 0 Å². The number of hydrogen-bond donors (Lipinski definition) is 1. The zero-order valence-electron chi connectivity index (χ0n) is 9.58. The van der Waals surface area contributed by atoms with Gasteiger partial charge in [0.1, 0.15) is 11.9 Å². The van der Waals surface area contributed by atoms with E-state index in [1.165, 1.54) is 0 Å². The molecular formula is C11H19NO3. The van der Waals surface area contributed by atoms with Crippen molar-refractivity contribution in [2.75, 3.05) is 0 Å². The van der Waals surface area contributed by atoms with E-state index in [9.17, 15) is 9.59 Å². The summed E-state index contributed by atoms with van der Waals surface area (Å²) < 4.78 is 5.13. The number of aldehydes is 1. The van der Waals surface area contributed by atoms with Crippen molar-refractivity contribution in [1.29, 1.82) is 0 Å². The molecule has 2 atom stereocenters. The monoisotopic (exact) mass is 213 g/mol. The van der Waals surface area contributed by atoms with Crippen molar-refractivity contribution >= 4 is 12.4 Å². The van der Waals surface area contributed by atoms with E-state index in [0.29, 0.717) is 0 Å². The van der Waals surface area contributed by atoms with Crippen LogP contribution in [0.4, 0.5) is 4.79 Å². The highest BCUT2D eigenvalue weighted by molar-refractivity contribution is 5.68. The maximum atomic E-state index is 11.4. The molecule has 15 heavy (non-hydrogen) atoms. The van der Waals surface area contributed by atoms with Crippen molar-refractivity contribution in [2.24, 2.45) is 5.92 Å². The van der Waals surface area contributed by atoms with Crippen molar-refractivity contribution in [3.05, 3.63) is 0 Å². The number of carbonyl (C=O) groups excluding carboxylic acids is 2. The Kier molecular flexibility index (Phi) is 3.72. The zero-order chi connectivity index (χ0) is 11.5. The molecule has 0 aromatic rings. The molecule has 0 radical (unpaired) electrons. The number of ether oxygens (including phenoxy) is 1. The Morgan fingerprint density at radius 3 is 2.53 bits per heavy atom. The summed E-state index contributed by atoms with van der Waals surface area (Å²) in [5.41, 5.74) is -0.466. The molecule has 1 aliphatic rings. The predicted molar refractivity (Wildman–Crippen MR) is 56.6 cm³/mol. The van der Waals surface area contributed by atoms with Crippen molar-refractivity contribution < 1.29 is 14.3 Å². The van der Waals surface area contributed by atoms with Crippen molar-refractivity contribution in [3.63, 3.8) is 0 Å². The molecule has 1 amide bonds. The molecule has 4 heteroatoms. The molecule has 0 spiro atoms. The Hall–Kier alpha value is -1.06. The van der Waals surface area contributed by atoms with Gasteiger partial charge in [0.2, 0.25) is 0 Å². The van der Waals surface area contributed by atoms with Crippen LogP contribution in [0.5, 0.6) is 0 Å². The summed E-state index contributed by atoms with van der Waals surface area (Å²) in [5, 5.41) is 2.78. The average molecular weight is 213 g/mol. The van der Waals surface area contributed by atoms with E-state index in [-0.39, 0.29) is 18.1 Å². The third-order valence-electron chi connectivity index (χ3n) is 2.39. The van der Waals surface area contributed by atoms with E-state index in [1.54, 1.807) is 0 Å². The fourth-order valence-electron chi connectivity index (χ4n) is 1.75. The van der Waals surface area contributed by atoms with E-state index < -0.39 is 5.60 Å². The molecule has 1 rings (SSSR count). The van der Waals surface area contributed by atoms with Gasteiger partial charge in [0.15, 0.2) is 0 Å². The molecule has 0 saturated heterocycles. The van der Waals surface area contributed by atoms with E-state index in [0.717, 1.165) is 25.5 Å². The number of alkyl carbamates (subject to hydrolysis) is 1. The van der Waals surface area contributed by atoms with Gasteiger partial charge in [0.25, 0.3) is 0 Å². The highest BCUT2D eigenvalue weighted by Gasteiger charge is 2.27. The first kappa shape index (κ1) is 12.0. The van der Waals surface area contributed by atoms with E-state index in [1.807, 2.05) is 20.8 Å². The van der Waals surface area contributed by atoms with Crippen LogP contribution in [0.1, 0.15) is 40.0 Å². The normalized spacial score (nSPS) is 26.1. The summed E-state index contributed by atoms with van der Waals surface area (Å²) in [7, 11) is 0. The first-order valence-electron chi connectivity index (χ1n) is 5.35. The fraction of sp³-hybridized carbons (Fsp3) is 0.818. The van der Waals surface area contributed by atoms with E-state index in [4.69, 9.17) is 4.74 Å². The quantitative estimate of drug-likeness (QED) is 0.712. The third-order valence-corrected chi connectivity index (χ3v) is 2.39. The van der Waals surface area contributed by atoms with E-state index in [2.05, 4.69) is 5.32 Å². The molecule has 4 nitrogen and oxygen atoms in total. The molecule has 2 unspecified atom stereocenters. The van der Waals surface area contributed by atoms with Crippen molar-refractivity contribution in [1.82, 2.24) is 5.32 Å². The molecule has 0 bridgehead atoms. The van der Waals surface area contributed by atoms with Crippen LogP contribution >= 0.6 is 0 Å². The number of nitrogens with one attached hydrogen (secondary N) is 1. The topological polar surface area (TPSA) is 55.4 Å². The second-order valence-electron chi connectivity index (χ2n) is 5.05. The standard InChI is InChI=1S/C11H19NO3/c1-11(2,3)15-10(14)12-9-5-4-8(6-9)7-13/h7-9H,4-6H2,1-3H3,(H,12,14). The van der Waals surface area contributed by atoms with Gasteiger partial charge in [-0.3, -0.25) is 0 Å². The Bertz CT molecular complexity index is 245. The van der Waals surface area contributed by atoms with Gasteiger partial charge in [-0.05, 0) is 40.0 Å². The predicted octanol–water partition coefficient (Wildman–Crippen LogP) is 1.88. The number of amides is 1. The molecule has 1 saturated carbocycles. The summed E-state index contributed by atoms with van der Waals surface area (Å²) in [4.78, 5) is 21.9. The minimum Gasteiger partial charge on any atom is -0.444 e. The van der Waals surface area contributed by atoms with Crippen LogP contribution < -0.4 is 5.32 Å². The maximum Gasteiger partial charge on any atom is 0.407 e. The summed E-state index contributed by atoms with van der Waals surface area (Å²) in [6.07, 6.45) is 3.05. The summed E-state index contributed by atoms with van der Waals surface area (Å²) in [6, 6.07) is 0.0926. The SMILES string of the molecule is CC(C)(C)OC(=O)NC1CCC(C=O)C1. The first-order chi connectivity index (χ1) is 6.90. The molecule has 86 valence electrons. The van der Waals surface area contributed by atoms with Gasteiger partial charge in [-0.2, -0.15) is 0 Å². The van der Waals surface area contributed by atoms with Gasteiger partial charge >= 0.3 is 6.09 Å². The van der Waals surface area contributed by atoms with Crippen LogP contribution in [-0.4, -0.2) is 24.0 Å². The second-order valence-corrected chi connectivity index (χ2v) is 5.05. The molecule has 1 fully saturated rings. The lowest BCUT2D eigenvalue weighted by atomic mass is 10.1. The van der Waals surface area contributed by atoms with Gasteiger partial charge < -0.3 is 14.8 Å². The average Bonchev–Trinajstić information content (AvgIpc) is 2.48. The Morgan fingerprint density at radius 1 is 1.40 bits per heavy atom. The van der Waals surface area contributed by atoms with Gasteiger partial charge in [0, 0.05) is 12.0 Å². The smallest absolute Gasteiger partial charge is 0.407 e. The molecule has 0 heterocycles. The lowest BCUT2D eigenvalue weighted by molar-refractivity contribution is -0.110. The Balaban J connectivity index is 2.31. The van der Waals surface area contributed by atoms with Gasteiger partial charge in [-0.1, -0.05) is 0 Å². The van der Waals surface area contributed by atoms with Crippen molar-refractivity contribution in [2.45, 2.75) is 51.7 Å². The molecule has 1 N–H and O–H groups in total. The fourth-order valence-corrected chi connectivity index (χ4v) is 1.75. The first-order valence-corrected chi connectivity index (χ1v) is 5.35. The number of rotatable bonds is 2. The maximum absolute atomic E-state index is 11.4. The van der Waals surface area contributed by atoms with Crippen LogP contribution in [0.2, 0.25) is 0 Å². The van der Waals surface area contributed by atoms with Gasteiger partial charge in [-0.25, -0.2) is 4.79 Å². The molecule has 0 aliphatic heterocycles. The molecular weight excluding hydrogens is 194 g/mol. The van der Waals surface area contributed by atoms with Crippen molar-refractivity contribution in [3.8, 4) is 0 Å². The lowest BCUT2D eigenvalue weighted by Crippen LogP contribution is -2.37. The zero-order valence-corrected chi connectivity index (χ0v) is 9.58. The molecule has 0 aromatic heterocycles. The van der Waals surface area contributed by atoms with Crippen LogP contribution in [0.15, 0.2) is 0 Å². The number of hydrogen-bond acceptors (Lipinski definition) is 3. The number of carbonyl (C=O) groups is 2. The highest BCUT2D eigenvalue weighted by atomic mass is 16.6. The second kappa shape index (κ2) is 4.64. The van der Waals surface area contributed by atoms with E-state index >= 15 is 0 Å². The van der Waals surface area contributed by atoms with Crippen LogP contribution in [-0.2, 0) is 9.53 Å². The van der Waals surface area contributed by atoms with Gasteiger partial charge in [0.05, 0.1) is 0 Å². The molecule has 1 aliphatic carbocycles. The summed E-state index contributed by atoms with van der Waals surface area (Å²) >= 11 is 0. The minimum atomic E-state index is -0.466. The minimum absolute atomic E-state index is 0.0926. The Morgan fingerprint density at radius 2 is 2.07 bits per heavy atom. The highest BCUT2D eigenvalue weighted by Crippen LogP contribution is 2.23. The third kappa shape index (κ3) is 4.32. The van der Waals surface area contributed by atoms with Crippen LogP contribution in [0.25, 0.3) is 0 Å². The van der Waals surface area contributed by atoms with Gasteiger partial charge in [-0.15, -0.1) is 0 Å². The summed E-state index contributed by atoms with van der Waals surface area (Å²) in [5.74, 6) is 0.102.